The summed E-state index contributed by atoms with van der Waals surface area (Å²) < 4.78 is 10.5. The van der Waals surface area contributed by atoms with Crippen molar-refractivity contribution in [2.75, 3.05) is 6.61 Å². The standard InChI is InChI=1S/C10H14O3S/c1-8(11)13-10(2,3)7-12-9-4-5-14-6-9/h4-6H,7H2,1-3H3. The predicted molar refractivity (Wildman–Crippen MR) is 55.7 cm³/mol. The van der Waals surface area contributed by atoms with E-state index in [-0.39, 0.29) is 5.97 Å². The first-order valence-electron chi connectivity index (χ1n) is 4.34. The van der Waals surface area contributed by atoms with Gasteiger partial charge in [-0.15, -0.1) is 11.3 Å². The number of ether oxygens (including phenoxy) is 2. The SMILES string of the molecule is CC(=O)OC(C)(C)COc1ccsc1. The van der Waals surface area contributed by atoms with Crippen molar-refractivity contribution in [3.05, 3.63) is 16.8 Å². The Balaban J connectivity index is 2.40. The van der Waals surface area contributed by atoms with Gasteiger partial charge in [-0.1, -0.05) is 0 Å². The second-order valence-electron chi connectivity index (χ2n) is 3.60. The molecule has 4 heteroatoms. The van der Waals surface area contributed by atoms with Crippen LogP contribution in [0.2, 0.25) is 0 Å². The van der Waals surface area contributed by atoms with Crippen LogP contribution in [0.4, 0.5) is 0 Å². The second kappa shape index (κ2) is 4.46. The molecular weight excluding hydrogens is 200 g/mol. The molecule has 14 heavy (non-hydrogen) atoms. The minimum absolute atomic E-state index is 0.288. The molecule has 78 valence electrons. The average molecular weight is 214 g/mol. The fraction of sp³-hybridized carbons (Fsp3) is 0.500. The monoisotopic (exact) mass is 214 g/mol. The zero-order chi connectivity index (χ0) is 10.6. The van der Waals surface area contributed by atoms with Gasteiger partial charge in [0.25, 0.3) is 0 Å². The van der Waals surface area contributed by atoms with Gasteiger partial charge in [-0.3, -0.25) is 4.79 Å². The molecule has 0 unspecified atom stereocenters. The van der Waals surface area contributed by atoms with Crippen LogP contribution in [0.3, 0.4) is 0 Å². The molecule has 1 aromatic heterocycles. The highest BCUT2D eigenvalue weighted by atomic mass is 32.1. The van der Waals surface area contributed by atoms with Crippen molar-refractivity contribution < 1.29 is 14.3 Å². The van der Waals surface area contributed by atoms with Crippen LogP contribution in [0.25, 0.3) is 0 Å². The molecule has 0 aliphatic rings. The predicted octanol–water partition coefficient (Wildman–Crippen LogP) is 2.47. The van der Waals surface area contributed by atoms with Crippen LogP contribution >= 0.6 is 11.3 Å². The number of thiophene rings is 1. The van der Waals surface area contributed by atoms with Crippen LogP contribution in [-0.4, -0.2) is 18.2 Å². The highest BCUT2D eigenvalue weighted by molar-refractivity contribution is 7.08. The summed E-state index contributed by atoms with van der Waals surface area (Å²) in [6, 6.07) is 1.88. The molecule has 1 aromatic rings. The average Bonchev–Trinajstić information content (AvgIpc) is 2.50. The fourth-order valence-corrected chi connectivity index (χ4v) is 1.58. The van der Waals surface area contributed by atoms with Gasteiger partial charge in [-0.05, 0) is 25.3 Å². The number of hydrogen-bond donors (Lipinski definition) is 0. The van der Waals surface area contributed by atoms with Crippen LogP contribution < -0.4 is 4.74 Å². The van der Waals surface area contributed by atoms with Crippen LogP contribution in [-0.2, 0) is 9.53 Å². The van der Waals surface area contributed by atoms with E-state index in [4.69, 9.17) is 9.47 Å². The molecule has 0 aromatic carbocycles. The minimum atomic E-state index is -0.576. The molecular formula is C10H14O3S. The number of hydrogen-bond acceptors (Lipinski definition) is 4. The first-order valence-corrected chi connectivity index (χ1v) is 5.28. The number of esters is 1. The Morgan fingerprint density at radius 1 is 1.57 bits per heavy atom. The zero-order valence-electron chi connectivity index (χ0n) is 8.57. The van der Waals surface area contributed by atoms with Crippen LogP contribution in [0.15, 0.2) is 16.8 Å². The lowest BCUT2D eigenvalue weighted by molar-refractivity contribution is -0.156. The maximum Gasteiger partial charge on any atom is 0.303 e. The summed E-state index contributed by atoms with van der Waals surface area (Å²) in [7, 11) is 0. The molecule has 3 nitrogen and oxygen atoms in total. The lowest BCUT2D eigenvalue weighted by Gasteiger charge is -2.23. The van der Waals surface area contributed by atoms with Crippen molar-refractivity contribution in [3.63, 3.8) is 0 Å². The van der Waals surface area contributed by atoms with Crippen LogP contribution in [0, 0.1) is 0 Å². The maximum absolute atomic E-state index is 10.7. The van der Waals surface area contributed by atoms with E-state index in [1.54, 1.807) is 11.3 Å². The highest BCUT2D eigenvalue weighted by Gasteiger charge is 2.22. The van der Waals surface area contributed by atoms with E-state index in [1.165, 1.54) is 6.92 Å². The molecule has 0 bridgehead atoms. The Morgan fingerprint density at radius 3 is 2.79 bits per heavy atom. The summed E-state index contributed by atoms with van der Waals surface area (Å²) in [4.78, 5) is 10.7. The van der Waals surface area contributed by atoms with Crippen molar-refractivity contribution in [1.82, 2.24) is 0 Å². The fourth-order valence-electron chi connectivity index (χ4n) is 1.01. The zero-order valence-corrected chi connectivity index (χ0v) is 9.39. The van der Waals surface area contributed by atoms with Gasteiger partial charge in [0, 0.05) is 12.3 Å². The highest BCUT2D eigenvalue weighted by Crippen LogP contribution is 2.18. The van der Waals surface area contributed by atoms with Crippen molar-refractivity contribution in [2.45, 2.75) is 26.4 Å². The minimum Gasteiger partial charge on any atom is -0.489 e. The quantitative estimate of drug-likeness (QED) is 0.722. The van der Waals surface area contributed by atoms with E-state index in [0.717, 1.165) is 5.75 Å². The van der Waals surface area contributed by atoms with E-state index in [1.807, 2.05) is 30.7 Å². The van der Waals surface area contributed by atoms with Crippen molar-refractivity contribution in [2.24, 2.45) is 0 Å². The summed E-state index contributed by atoms with van der Waals surface area (Å²) in [6.45, 7) is 5.40. The Hall–Kier alpha value is -1.03. The maximum atomic E-state index is 10.7. The number of carbonyl (C=O) groups is 1. The molecule has 0 radical (unpaired) electrons. The Kier molecular flexibility index (Phi) is 3.52. The van der Waals surface area contributed by atoms with Crippen molar-refractivity contribution in [3.8, 4) is 5.75 Å². The Bertz CT molecular complexity index is 290. The third-order valence-electron chi connectivity index (χ3n) is 1.50. The second-order valence-corrected chi connectivity index (χ2v) is 4.38. The number of rotatable bonds is 4. The van der Waals surface area contributed by atoms with E-state index >= 15 is 0 Å². The van der Waals surface area contributed by atoms with E-state index < -0.39 is 5.60 Å². The molecule has 0 N–H and O–H groups in total. The smallest absolute Gasteiger partial charge is 0.303 e. The third-order valence-corrected chi connectivity index (χ3v) is 2.16. The van der Waals surface area contributed by atoms with E-state index in [2.05, 4.69) is 0 Å². The number of carbonyl (C=O) groups excluding carboxylic acids is 1. The Morgan fingerprint density at radius 2 is 2.29 bits per heavy atom. The molecule has 0 saturated carbocycles. The molecule has 0 aliphatic carbocycles. The van der Waals surface area contributed by atoms with Gasteiger partial charge in [0.15, 0.2) is 0 Å². The molecule has 0 amide bonds. The molecule has 1 heterocycles. The first-order chi connectivity index (χ1) is 6.49. The van der Waals surface area contributed by atoms with E-state index in [0.29, 0.717) is 6.61 Å². The summed E-state index contributed by atoms with van der Waals surface area (Å²) in [5.74, 6) is 0.527. The molecule has 0 aliphatic heterocycles. The summed E-state index contributed by atoms with van der Waals surface area (Å²) in [5, 5.41) is 3.85. The van der Waals surface area contributed by atoms with Gasteiger partial charge >= 0.3 is 5.97 Å². The van der Waals surface area contributed by atoms with Gasteiger partial charge in [-0.25, -0.2) is 0 Å². The van der Waals surface area contributed by atoms with Gasteiger partial charge in [0.1, 0.15) is 18.0 Å². The van der Waals surface area contributed by atoms with E-state index in [9.17, 15) is 4.79 Å². The largest absolute Gasteiger partial charge is 0.489 e. The Labute approximate surface area is 87.7 Å². The summed E-state index contributed by atoms with van der Waals surface area (Å²) in [5.41, 5.74) is -0.576. The van der Waals surface area contributed by atoms with Gasteiger partial charge in [0.05, 0.1) is 0 Å². The normalized spacial score (nSPS) is 11.1. The topological polar surface area (TPSA) is 35.5 Å². The molecule has 0 spiro atoms. The lowest BCUT2D eigenvalue weighted by atomic mass is 10.1. The van der Waals surface area contributed by atoms with Gasteiger partial charge in [-0.2, -0.15) is 0 Å². The van der Waals surface area contributed by atoms with Crippen molar-refractivity contribution >= 4 is 17.3 Å². The van der Waals surface area contributed by atoms with Gasteiger partial charge in [0.2, 0.25) is 0 Å². The summed E-state index contributed by atoms with van der Waals surface area (Å²) in [6.07, 6.45) is 0. The molecule has 1 rings (SSSR count). The first kappa shape index (κ1) is 11.0. The lowest BCUT2D eigenvalue weighted by Crippen LogP contribution is -2.33. The summed E-state index contributed by atoms with van der Waals surface area (Å²) >= 11 is 1.57. The van der Waals surface area contributed by atoms with Crippen molar-refractivity contribution in [1.29, 1.82) is 0 Å². The molecule has 0 atom stereocenters. The molecule has 0 saturated heterocycles. The third kappa shape index (κ3) is 3.79. The van der Waals surface area contributed by atoms with Crippen LogP contribution in [0.5, 0.6) is 5.75 Å². The molecule has 0 fully saturated rings. The van der Waals surface area contributed by atoms with Crippen LogP contribution in [0.1, 0.15) is 20.8 Å². The van der Waals surface area contributed by atoms with Gasteiger partial charge < -0.3 is 9.47 Å².